The molecule has 0 saturated carbocycles. The maximum absolute atomic E-state index is 12.8. The molecule has 1 rings (SSSR count). The second-order valence-electron chi connectivity index (χ2n) is 2.22. The SMILES string of the molecule is Cn1c(=N)c(F)cn(S(=O)O)c1=O. The van der Waals surface area contributed by atoms with Crippen LogP contribution in [0.2, 0.25) is 0 Å². The van der Waals surface area contributed by atoms with Gasteiger partial charge in [-0.1, -0.05) is 0 Å². The van der Waals surface area contributed by atoms with Crippen molar-refractivity contribution in [3.05, 3.63) is 28.0 Å². The summed E-state index contributed by atoms with van der Waals surface area (Å²) in [6.07, 6.45) is 0.515. The molecule has 8 heteroatoms. The van der Waals surface area contributed by atoms with E-state index in [9.17, 15) is 13.4 Å². The van der Waals surface area contributed by atoms with Gasteiger partial charge >= 0.3 is 5.69 Å². The topological polar surface area (TPSA) is 88.1 Å². The standard InChI is InChI=1S/C5H6FN3O3S/c1-8-4(7)3(6)2-9(5(8)10)13(11)12/h2,7H,1H3,(H,11,12). The van der Waals surface area contributed by atoms with E-state index in [4.69, 9.17) is 9.96 Å². The van der Waals surface area contributed by atoms with Gasteiger partial charge in [0.15, 0.2) is 11.3 Å². The highest BCUT2D eigenvalue weighted by atomic mass is 32.2. The zero-order valence-corrected chi connectivity index (χ0v) is 7.34. The summed E-state index contributed by atoms with van der Waals surface area (Å²) in [7, 11) is 1.14. The van der Waals surface area contributed by atoms with Gasteiger partial charge in [-0.25, -0.2) is 13.4 Å². The van der Waals surface area contributed by atoms with Crippen LogP contribution in [0.4, 0.5) is 4.39 Å². The monoisotopic (exact) mass is 207 g/mol. The molecule has 0 amide bonds. The molecule has 72 valence electrons. The molecule has 0 radical (unpaired) electrons. The highest BCUT2D eigenvalue weighted by Crippen LogP contribution is 1.85. The minimum atomic E-state index is -2.61. The fourth-order valence-corrected chi connectivity index (χ4v) is 1.17. The first-order valence-corrected chi connectivity index (χ1v) is 4.15. The van der Waals surface area contributed by atoms with Crippen molar-refractivity contribution < 1.29 is 13.2 Å². The highest BCUT2D eigenvalue weighted by Gasteiger charge is 2.08. The van der Waals surface area contributed by atoms with Crippen LogP contribution < -0.4 is 11.2 Å². The summed E-state index contributed by atoms with van der Waals surface area (Å²) in [4.78, 5) is 11.1. The molecule has 0 spiro atoms. The zero-order valence-electron chi connectivity index (χ0n) is 6.52. The number of nitrogens with one attached hydrogen (secondary N) is 1. The van der Waals surface area contributed by atoms with Gasteiger partial charge in [-0.3, -0.25) is 14.5 Å². The molecular formula is C5H6FN3O3S. The average molecular weight is 207 g/mol. The van der Waals surface area contributed by atoms with Gasteiger partial charge in [0, 0.05) is 7.05 Å². The third kappa shape index (κ3) is 1.58. The number of halogens is 1. The van der Waals surface area contributed by atoms with Crippen LogP contribution in [0.5, 0.6) is 0 Å². The number of aromatic nitrogens is 2. The molecule has 0 aliphatic rings. The van der Waals surface area contributed by atoms with E-state index < -0.39 is 28.3 Å². The summed E-state index contributed by atoms with van der Waals surface area (Å²) >= 11 is -2.61. The van der Waals surface area contributed by atoms with Gasteiger partial charge in [0.2, 0.25) is 0 Å². The van der Waals surface area contributed by atoms with Gasteiger partial charge in [-0.05, 0) is 0 Å². The fraction of sp³-hybridized carbons (Fsp3) is 0.200. The van der Waals surface area contributed by atoms with Crippen LogP contribution in [0, 0.1) is 11.2 Å². The third-order valence-corrected chi connectivity index (χ3v) is 2.03. The Kier molecular flexibility index (Phi) is 2.43. The lowest BCUT2D eigenvalue weighted by molar-refractivity contribution is 0.521. The first kappa shape index (κ1) is 9.81. The van der Waals surface area contributed by atoms with Crippen molar-refractivity contribution in [1.82, 2.24) is 8.54 Å². The molecule has 6 nitrogen and oxygen atoms in total. The number of rotatable bonds is 1. The minimum Gasteiger partial charge on any atom is -0.289 e. The average Bonchev–Trinajstić information content (AvgIpc) is 2.07. The maximum atomic E-state index is 12.8. The van der Waals surface area contributed by atoms with E-state index in [1.165, 1.54) is 0 Å². The predicted molar refractivity (Wildman–Crippen MR) is 41.7 cm³/mol. The van der Waals surface area contributed by atoms with Crippen molar-refractivity contribution in [2.24, 2.45) is 7.05 Å². The Morgan fingerprint density at radius 3 is 2.69 bits per heavy atom. The van der Waals surface area contributed by atoms with E-state index in [-0.39, 0.29) is 3.97 Å². The number of nitrogens with zero attached hydrogens (tertiary/aromatic N) is 2. The molecule has 0 saturated heterocycles. The number of hydrogen-bond acceptors (Lipinski definition) is 3. The fourth-order valence-electron chi connectivity index (χ4n) is 0.735. The molecular weight excluding hydrogens is 201 g/mol. The summed E-state index contributed by atoms with van der Waals surface area (Å²) in [6.45, 7) is 0. The van der Waals surface area contributed by atoms with Gasteiger partial charge in [0.1, 0.15) is 0 Å². The van der Waals surface area contributed by atoms with Crippen LogP contribution in [0.3, 0.4) is 0 Å². The molecule has 0 aromatic carbocycles. The smallest absolute Gasteiger partial charge is 0.289 e. The molecule has 0 aliphatic carbocycles. The second kappa shape index (κ2) is 3.23. The van der Waals surface area contributed by atoms with E-state index in [1.807, 2.05) is 0 Å². The maximum Gasteiger partial charge on any atom is 0.343 e. The molecule has 1 aromatic heterocycles. The minimum absolute atomic E-state index is 0.285. The van der Waals surface area contributed by atoms with E-state index >= 15 is 0 Å². The predicted octanol–water partition coefficient (Wildman–Crippen LogP) is -1.21. The largest absolute Gasteiger partial charge is 0.343 e. The van der Waals surface area contributed by atoms with Crippen LogP contribution >= 0.6 is 0 Å². The Bertz CT molecular complexity index is 477. The van der Waals surface area contributed by atoms with Gasteiger partial charge in [-0.2, -0.15) is 3.97 Å². The second-order valence-corrected chi connectivity index (χ2v) is 3.08. The Balaban J connectivity index is 3.70. The lowest BCUT2D eigenvalue weighted by Crippen LogP contribution is -2.40. The molecule has 1 aromatic rings. The molecule has 1 heterocycles. The van der Waals surface area contributed by atoms with Crippen LogP contribution in [0.15, 0.2) is 11.0 Å². The third-order valence-electron chi connectivity index (χ3n) is 1.44. The Morgan fingerprint density at radius 2 is 2.23 bits per heavy atom. The van der Waals surface area contributed by atoms with Crippen molar-refractivity contribution in [3.63, 3.8) is 0 Å². The van der Waals surface area contributed by atoms with Gasteiger partial charge < -0.3 is 0 Å². The van der Waals surface area contributed by atoms with Gasteiger partial charge in [0.05, 0.1) is 6.20 Å². The van der Waals surface area contributed by atoms with E-state index in [0.29, 0.717) is 10.8 Å². The van der Waals surface area contributed by atoms with Crippen LogP contribution in [0.1, 0.15) is 0 Å². The highest BCUT2D eigenvalue weighted by molar-refractivity contribution is 7.77. The summed E-state index contributed by atoms with van der Waals surface area (Å²) in [5, 5.41) is 7.02. The number of hydrogen-bond donors (Lipinski definition) is 2. The van der Waals surface area contributed by atoms with Crippen molar-refractivity contribution in [2.75, 3.05) is 0 Å². The summed E-state index contributed by atoms with van der Waals surface area (Å²) < 4.78 is 32.7. The normalized spacial score (nSPS) is 12.8. The molecule has 0 aliphatic heterocycles. The lowest BCUT2D eigenvalue weighted by atomic mass is 10.6. The molecule has 0 bridgehead atoms. The van der Waals surface area contributed by atoms with E-state index in [1.54, 1.807) is 0 Å². The Labute approximate surface area is 74.2 Å². The van der Waals surface area contributed by atoms with Crippen LogP contribution in [-0.2, 0) is 18.3 Å². The zero-order chi connectivity index (χ0) is 10.2. The summed E-state index contributed by atoms with van der Waals surface area (Å²) in [6, 6.07) is 0. The molecule has 2 N–H and O–H groups in total. The summed E-state index contributed by atoms with van der Waals surface area (Å²) in [5.41, 5.74) is -1.56. The van der Waals surface area contributed by atoms with E-state index in [2.05, 4.69) is 0 Å². The molecule has 1 atom stereocenters. The quantitative estimate of drug-likeness (QED) is 0.566. The van der Waals surface area contributed by atoms with Crippen LogP contribution in [0.25, 0.3) is 0 Å². The van der Waals surface area contributed by atoms with Crippen molar-refractivity contribution in [2.45, 2.75) is 0 Å². The van der Waals surface area contributed by atoms with Crippen molar-refractivity contribution in [1.29, 1.82) is 5.41 Å². The Hall–Kier alpha value is -1.28. The first-order valence-electron chi connectivity index (χ1n) is 3.09. The van der Waals surface area contributed by atoms with Crippen LogP contribution in [-0.4, -0.2) is 17.3 Å². The van der Waals surface area contributed by atoms with Gasteiger partial charge in [0.25, 0.3) is 11.3 Å². The molecule has 13 heavy (non-hydrogen) atoms. The molecule has 1 unspecified atom stereocenters. The lowest BCUT2D eigenvalue weighted by Gasteiger charge is -2.02. The van der Waals surface area contributed by atoms with Crippen molar-refractivity contribution in [3.8, 4) is 0 Å². The van der Waals surface area contributed by atoms with Crippen molar-refractivity contribution >= 4 is 11.3 Å². The molecule has 0 fully saturated rings. The summed E-state index contributed by atoms with van der Waals surface area (Å²) in [5.74, 6) is -1.04. The van der Waals surface area contributed by atoms with E-state index in [0.717, 1.165) is 7.05 Å². The Morgan fingerprint density at radius 1 is 1.69 bits per heavy atom. The first-order chi connectivity index (χ1) is 5.95. The van der Waals surface area contributed by atoms with Gasteiger partial charge in [-0.15, -0.1) is 0 Å².